The summed E-state index contributed by atoms with van der Waals surface area (Å²) in [5.74, 6) is 0.0672. The van der Waals surface area contributed by atoms with Crippen LogP contribution in [0.15, 0.2) is 41.6 Å². The van der Waals surface area contributed by atoms with E-state index in [9.17, 15) is 9.18 Å². The molecule has 1 unspecified atom stereocenters. The Morgan fingerprint density at radius 1 is 1.33 bits per heavy atom. The second-order valence-corrected chi connectivity index (χ2v) is 6.78. The summed E-state index contributed by atoms with van der Waals surface area (Å²) < 4.78 is 18.5. The van der Waals surface area contributed by atoms with Crippen LogP contribution in [0.5, 0.6) is 6.01 Å². The van der Waals surface area contributed by atoms with E-state index in [1.165, 1.54) is 36.3 Å². The fraction of sp³-hybridized carbons (Fsp3) is 0.312. The van der Waals surface area contributed by atoms with Crippen molar-refractivity contribution in [3.8, 4) is 6.01 Å². The van der Waals surface area contributed by atoms with Crippen molar-refractivity contribution in [1.29, 1.82) is 0 Å². The largest absolute Gasteiger partial charge is 0.458 e. The van der Waals surface area contributed by atoms with E-state index in [2.05, 4.69) is 9.97 Å². The fourth-order valence-electron chi connectivity index (χ4n) is 2.33. The quantitative estimate of drug-likeness (QED) is 0.760. The third-order valence-electron chi connectivity index (χ3n) is 3.54. The molecule has 2 aromatic rings. The minimum Gasteiger partial charge on any atom is -0.458 e. The summed E-state index contributed by atoms with van der Waals surface area (Å²) in [6, 6.07) is 6.37. The van der Waals surface area contributed by atoms with Crippen LogP contribution in [0, 0.1) is 5.82 Å². The average Bonchev–Trinajstić information content (AvgIpc) is 3.05. The van der Waals surface area contributed by atoms with Crippen molar-refractivity contribution in [3.63, 3.8) is 0 Å². The summed E-state index contributed by atoms with van der Waals surface area (Å²) in [5.41, 5.74) is 0. The summed E-state index contributed by atoms with van der Waals surface area (Å²) >= 11 is 7.12. The second kappa shape index (κ2) is 7.81. The predicted octanol–water partition coefficient (Wildman–Crippen LogP) is 3.04. The van der Waals surface area contributed by atoms with Crippen LogP contribution in [-0.2, 0) is 4.79 Å². The van der Waals surface area contributed by atoms with E-state index in [4.69, 9.17) is 16.3 Å². The van der Waals surface area contributed by atoms with Gasteiger partial charge in [-0.15, -0.1) is 11.8 Å². The Morgan fingerprint density at radius 2 is 2.04 bits per heavy atom. The maximum atomic E-state index is 12.9. The first-order chi connectivity index (χ1) is 11.6. The molecule has 1 aliphatic rings. The lowest BCUT2D eigenvalue weighted by Crippen LogP contribution is -2.32. The number of carbonyl (C=O) groups is 1. The number of nitrogens with zero attached hydrogens (tertiary/aromatic N) is 3. The molecule has 24 heavy (non-hydrogen) atoms. The number of halogens is 2. The van der Waals surface area contributed by atoms with Crippen LogP contribution in [-0.4, -0.2) is 45.7 Å². The Kier molecular flexibility index (Phi) is 5.52. The number of hydrogen-bond acceptors (Lipinski definition) is 5. The zero-order valence-electron chi connectivity index (χ0n) is 12.7. The summed E-state index contributed by atoms with van der Waals surface area (Å²) in [6.07, 6.45) is 3.56. The highest BCUT2D eigenvalue weighted by Crippen LogP contribution is 2.21. The van der Waals surface area contributed by atoms with Gasteiger partial charge in [0.2, 0.25) is 5.91 Å². The van der Waals surface area contributed by atoms with Crippen molar-refractivity contribution in [2.45, 2.75) is 17.4 Å². The maximum absolute atomic E-state index is 12.9. The Bertz CT molecular complexity index is 699. The molecule has 0 spiro atoms. The number of rotatable bonds is 5. The van der Waals surface area contributed by atoms with Crippen LogP contribution in [0.25, 0.3) is 0 Å². The van der Waals surface area contributed by atoms with Gasteiger partial charge in [-0.05, 0) is 24.3 Å². The molecule has 8 heteroatoms. The van der Waals surface area contributed by atoms with Crippen LogP contribution >= 0.6 is 23.4 Å². The van der Waals surface area contributed by atoms with Crippen LogP contribution < -0.4 is 4.74 Å². The van der Waals surface area contributed by atoms with Gasteiger partial charge in [-0.25, -0.2) is 14.4 Å². The van der Waals surface area contributed by atoms with Gasteiger partial charge in [0.1, 0.15) is 11.9 Å². The summed E-state index contributed by atoms with van der Waals surface area (Å²) in [4.78, 5) is 22.9. The topological polar surface area (TPSA) is 55.3 Å². The fourth-order valence-corrected chi connectivity index (χ4v) is 3.23. The van der Waals surface area contributed by atoms with E-state index >= 15 is 0 Å². The number of carbonyl (C=O) groups excluding carboxylic acids is 1. The van der Waals surface area contributed by atoms with Gasteiger partial charge in [0.25, 0.3) is 0 Å². The highest BCUT2D eigenvalue weighted by molar-refractivity contribution is 8.00. The number of hydrogen-bond donors (Lipinski definition) is 0. The Morgan fingerprint density at radius 3 is 2.75 bits per heavy atom. The van der Waals surface area contributed by atoms with Gasteiger partial charge in [-0.1, -0.05) is 11.6 Å². The maximum Gasteiger partial charge on any atom is 0.316 e. The second-order valence-electron chi connectivity index (χ2n) is 5.29. The molecular formula is C16H15ClFN3O2S. The highest BCUT2D eigenvalue weighted by Gasteiger charge is 2.28. The van der Waals surface area contributed by atoms with Crippen LogP contribution in [0.2, 0.25) is 5.02 Å². The third-order valence-corrected chi connectivity index (χ3v) is 4.73. The summed E-state index contributed by atoms with van der Waals surface area (Å²) in [6.45, 7) is 1.15. The summed E-state index contributed by atoms with van der Waals surface area (Å²) in [5, 5.41) is 0.448. The van der Waals surface area contributed by atoms with Crippen molar-refractivity contribution in [1.82, 2.24) is 14.9 Å². The molecule has 1 aliphatic heterocycles. The number of likely N-dealkylation sites (tertiary alicyclic amines) is 1. The molecule has 2 heterocycles. The molecule has 1 atom stereocenters. The molecule has 0 N–H and O–H groups in total. The zero-order valence-corrected chi connectivity index (χ0v) is 14.3. The molecule has 1 amide bonds. The van der Waals surface area contributed by atoms with Crippen molar-refractivity contribution < 1.29 is 13.9 Å². The smallest absolute Gasteiger partial charge is 0.316 e. The van der Waals surface area contributed by atoms with E-state index in [0.717, 1.165) is 11.3 Å². The minimum absolute atomic E-state index is 0.0347. The molecule has 0 saturated carbocycles. The molecule has 3 rings (SSSR count). The normalized spacial score (nSPS) is 17.1. The molecule has 1 aromatic carbocycles. The van der Waals surface area contributed by atoms with Gasteiger partial charge >= 0.3 is 6.01 Å². The standard InChI is InChI=1S/C16H15ClFN3O2S/c17-11-7-19-16(20-8-11)23-13-5-6-21(9-13)15(22)10-24-14-3-1-12(18)2-4-14/h1-4,7-8,13H,5-6,9-10H2. The molecule has 0 aliphatic carbocycles. The lowest BCUT2D eigenvalue weighted by molar-refractivity contribution is -0.127. The SMILES string of the molecule is O=C(CSc1ccc(F)cc1)N1CCC(Oc2ncc(Cl)cn2)C1. The molecule has 1 saturated heterocycles. The van der Waals surface area contributed by atoms with E-state index < -0.39 is 0 Å². The van der Waals surface area contributed by atoms with Gasteiger partial charge in [0.05, 0.1) is 29.7 Å². The van der Waals surface area contributed by atoms with Crippen LogP contribution in [0.4, 0.5) is 4.39 Å². The monoisotopic (exact) mass is 367 g/mol. The van der Waals surface area contributed by atoms with Crippen LogP contribution in [0.3, 0.4) is 0 Å². The third kappa shape index (κ3) is 4.58. The van der Waals surface area contributed by atoms with Gasteiger partial charge in [-0.3, -0.25) is 4.79 Å². The Balaban J connectivity index is 1.46. The molecule has 0 radical (unpaired) electrons. The first-order valence-corrected chi connectivity index (χ1v) is 8.77. The minimum atomic E-state index is -0.283. The van der Waals surface area contributed by atoms with Crippen molar-refractivity contribution in [3.05, 3.63) is 47.5 Å². The Hall–Kier alpha value is -1.86. The highest BCUT2D eigenvalue weighted by atomic mass is 35.5. The molecule has 126 valence electrons. The van der Waals surface area contributed by atoms with Crippen molar-refractivity contribution in [2.24, 2.45) is 0 Å². The molecular weight excluding hydrogens is 353 g/mol. The number of thioether (sulfide) groups is 1. The van der Waals surface area contributed by atoms with E-state index in [1.54, 1.807) is 17.0 Å². The number of benzene rings is 1. The number of aromatic nitrogens is 2. The van der Waals surface area contributed by atoms with Gasteiger partial charge in [-0.2, -0.15) is 0 Å². The number of ether oxygens (including phenoxy) is 1. The summed E-state index contributed by atoms with van der Waals surface area (Å²) in [7, 11) is 0. The number of amides is 1. The Labute approximate surface area is 148 Å². The van der Waals surface area contributed by atoms with Gasteiger partial charge in [0, 0.05) is 17.9 Å². The molecule has 1 fully saturated rings. The van der Waals surface area contributed by atoms with Gasteiger partial charge < -0.3 is 9.64 Å². The van der Waals surface area contributed by atoms with Crippen molar-refractivity contribution in [2.75, 3.05) is 18.8 Å². The van der Waals surface area contributed by atoms with Crippen LogP contribution in [0.1, 0.15) is 6.42 Å². The lowest BCUT2D eigenvalue weighted by atomic mass is 10.3. The van der Waals surface area contributed by atoms with E-state index in [1.807, 2.05) is 0 Å². The molecule has 5 nitrogen and oxygen atoms in total. The van der Waals surface area contributed by atoms with Crippen molar-refractivity contribution >= 4 is 29.3 Å². The first-order valence-electron chi connectivity index (χ1n) is 7.40. The van der Waals surface area contributed by atoms with E-state index in [-0.39, 0.29) is 23.8 Å². The predicted molar refractivity (Wildman–Crippen MR) is 89.8 cm³/mol. The zero-order chi connectivity index (χ0) is 16.9. The van der Waals surface area contributed by atoms with E-state index in [0.29, 0.717) is 23.9 Å². The molecule has 0 bridgehead atoms. The first kappa shape index (κ1) is 17.0. The van der Waals surface area contributed by atoms with Gasteiger partial charge in [0.15, 0.2) is 0 Å². The average molecular weight is 368 g/mol. The lowest BCUT2D eigenvalue weighted by Gasteiger charge is -2.16. The molecule has 1 aromatic heterocycles.